The van der Waals surface area contributed by atoms with Crippen molar-refractivity contribution in [2.75, 3.05) is 0 Å². The molecule has 0 N–H and O–H groups in total. The lowest BCUT2D eigenvalue weighted by Gasteiger charge is -2.03. The Morgan fingerprint density at radius 1 is 0.889 bits per heavy atom. The summed E-state index contributed by atoms with van der Waals surface area (Å²) in [4.78, 5) is 0. The molecule has 0 unspecified atom stereocenters. The Labute approximate surface area is 110 Å². The summed E-state index contributed by atoms with van der Waals surface area (Å²) in [5.41, 5.74) is 6.94. The van der Waals surface area contributed by atoms with Crippen molar-refractivity contribution in [1.82, 2.24) is 0 Å². The van der Waals surface area contributed by atoms with Gasteiger partial charge in [-0.2, -0.15) is 0 Å². The van der Waals surface area contributed by atoms with Gasteiger partial charge in [-0.05, 0) is 35.6 Å². The molecule has 0 spiro atoms. The first-order valence-electron chi connectivity index (χ1n) is 6.68. The van der Waals surface area contributed by atoms with Crippen LogP contribution in [0.2, 0.25) is 0 Å². The smallest absolute Gasteiger partial charge is 0.00137 e. The second-order valence-corrected chi connectivity index (χ2v) is 4.41. The molecule has 0 radical (unpaired) electrons. The molecule has 0 saturated heterocycles. The van der Waals surface area contributed by atoms with Gasteiger partial charge in [-0.25, -0.2) is 0 Å². The molecular formula is C18H20. The van der Waals surface area contributed by atoms with Crippen LogP contribution in [0.3, 0.4) is 0 Å². The van der Waals surface area contributed by atoms with E-state index in [4.69, 9.17) is 0 Å². The second-order valence-electron chi connectivity index (χ2n) is 4.41. The van der Waals surface area contributed by atoms with E-state index in [-0.39, 0.29) is 0 Å². The first kappa shape index (κ1) is 12.6. The van der Waals surface area contributed by atoms with E-state index in [1.165, 1.54) is 27.8 Å². The number of allylic oxidation sites excluding steroid dienone is 1. The SMILES string of the molecule is CC.Cc1cccc(C2=Cc3ccccc3C2)c1. The lowest BCUT2D eigenvalue weighted by atomic mass is 10.0. The topological polar surface area (TPSA) is 0 Å². The highest BCUT2D eigenvalue weighted by Crippen LogP contribution is 2.31. The summed E-state index contributed by atoms with van der Waals surface area (Å²) in [7, 11) is 0. The van der Waals surface area contributed by atoms with E-state index in [0.29, 0.717) is 0 Å². The molecule has 92 valence electrons. The van der Waals surface area contributed by atoms with Crippen LogP contribution in [0.25, 0.3) is 11.6 Å². The van der Waals surface area contributed by atoms with Crippen molar-refractivity contribution in [2.24, 2.45) is 0 Å². The predicted molar refractivity (Wildman–Crippen MR) is 80.5 cm³/mol. The Balaban J connectivity index is 0.000000574. The molecule has 0 nitrogen and oxygen atoms in total. The van der Waals surface area contributed by atoms with E-state index in [2.05, 4.69) is 61.5 Å². The molecule has 1 aliphatic carbocycles. The van der Waals surface area contributed by atoms with Crippen LogP contribution in [0.5, 0.6) is 0 Å². The van der Waals surface area contributed by atoms with Crippen LogP contribution in [0.15, 0.2) is 48.5 Å². The molecular weight excluding hydrogens is 216 g/mol. The van der Waals surface area contributed by atoms with Crippen molar-refractivity contribution in [3.63, 3.8) is 0 Å². The Hall–Kier alpha value is -1.82. The van der Waals surface area contributed by atoms with Gasteiger partial charge >= 0.3 is 0 Å². The minimum Gasteiger partial charge on any atom is -0.0683 e. The molecule has 0 heterocycles. The molecule has 0 saturated carbocycles. The highest BCUT2D eigenvalue weighted by molar-refractivity contribution is 5.88. The van der Waals surface area contributed by atoms with Gasteiger partial charge < -0.3 is 0 Å². The molecule has 0 aromatic heterocycles. The maximum atomic E-state index is 2.31. The Morgan fingerprint density at radius 3 is 2.39 bits per heavy atom. The maximum Gasteiger partial charge on any atom is -0.00137 e. The van der Waals surface area contributed by atoms with Gasteiger partial charge in [-0.3, -0.25) is 0 Å². The van der Waals surface area contributed by atoms with Crippen molar-refractivity contribution in [1.29, 1.82) is 0 Å². The van der Waals surface area contributed by atoms with Crippen molar-refractivity contribution >= 4 is 11.6 Å². The largest absolute Gasteiger partial charge is 0.0683 e. The summed E-state index contributed by atoms with van der Waals surface area (Å²) < 4.78 is 0. The number of benzene rings is 2. The molecule has 0 aliphatic heterocycles. The van der Waals surface area contributed by atoms with E-state index in [1.807, 2.05) is 13.8 Å². The van der Waals surface area contributed by atoms with Gasteiger partial charge in [0.15, 0.2) is 0 Å². The third-order valence-corrected chi connectivity index (χ3v) is 3.15. The van der Waals surface area contributed by atoms with E-state index in [0.717, 1.165) is 6.42 Å². The molecule has 0 heteroatoms. The number of aryl methyl sites for hydroxylation is 1. The van der Waals surface area contributed by atoms with E-state index in [1.54, 1.807) is 0 Å². The average molecular weight is 236 g/mol. The van der Waals surface area contributed by atoms with Crippen molar-refractivity contribution < 1.29 is 0 Å². The van der Waals surface area contributed by atoms with Crippen LogP contribution in [0.4, 0.5) is 0 Å². The third-order valence-electron chi connectivity index (χ3n) is 3.15. The van der Waals surface area contributed by atoms with Crippen molar-refractivity contribution in [2.45, 2.75) is 27.2 Å². The van der Waals surface area contributed by atoms with Crippen LogP contribution in [-0.2, 0) is 6.42 Å². The summed E-state index contributed by atoms with van der Waals surface area (Å²) in [5.74, 6) is 0. The van der Waals surface area contributed by atoms with Crippen LogP contribution in [0.1, 0.15) is 36.1 Å². The first-order valence-corrected chi connectivity index (χ1v) is 6.68. The number of hydrogen-bond acceptors (Lipinski definition) is 0. The molecule has 0 bridgehead atoms. The quantitative estimate of drug-likeness (QED) is 0.645. The van der Waals surface area contributed by atoms with E-state index < -0.39 is 0 Å². The molecule has 2 aromatic carbocycles. The first-order chi connectivity index (χ1) is 8.83. The summed E-state index contributed by atoms with van der Waals surface area (Å²) in [6.45, 7) is 6.14. The zero-order valence-electron chi connectivity index (χ0n) is 11.4. The zero-order valence-corrected chi connectivity index (χ0v) is 11.4. The fraction of sp³-hybridized carbons (Fsp3) is 0.222. The highest BCUT2D eigenvalue weighted by Gasteiger charge is 2.12. The van der Waals surface area contributed by atoms with Crippen LogP contribution < -0.4 is 0 Å². The summed E-state index contributed by atoms with van der Waals surface area (Å²) >= 11 is 0. The maximum absolute atomic E-state index is 2.31. The summed E-state index contributed by atoms with van der Waals surface area (Å²) in [6, 6.07) is 17.4. The van der Waals surface area contributed by atoms with Gasteiger partial charge in [0.05, 0.1) is 0 Å². The Kier molecular flexibility index (Phi) is 3.99. The van der Waals surface area contributed by atoms with Gasteiger partial charge in [-0.15, -0.1) is 0 Å². The van der Waals surface area contributed by atoms with Gasteiger partial charge in [0.1, 0.15) is 0 Å². The van der Waals surface area contributed by atoms with Gasteiger partial charge in [0, 0.05) is 0 Å². The molecule has 0 atom stereocenters. The van der Waals surface area contributed by atoms with Gasteiger partial charge in [0.2, 0.25) is 0 Å². The predicted octanol–water partition coefficient (Wildman–Crippen LogP) is 5.12. The highest BCUT2D eigenvalue weighted by atomic mass is 14.2. The molecule has 1 aliphatic rings. The molecule has 0 amide bonds. The van der Waals surface area contributed by atoms with Crippen molar-refractivity contribution in [3.8, 4) is 0 Å². The number of fused-ring (bicyclic) bond motifs is 1. The normalized spacial score (nSPS) is 12.3. The molecule has 2 aromatic rings. The number of hydrogen-bond donors (Lipinski definition) is 0. The summed E-state index contributed by atoms with van der Waals surface area (Å²) in [6.07, 6.45) is 3.38. The lowest BCUT2D eigenvalue weighted by Crippen LogP contribution is -1.85. The molecule has 0 fully saturated rings. The van der Waals surface area contributed by atoms with Gasteiger partial charge in [-0.1, -0.05) is 74.0 Å². The lowest BCUT2D eigenvalue weighted by molar-refractivity contribution is 1.31. The fourth-order valence-corrected chi connectivity index (χ4v) is 2.31. The minimum absolute atomic E-state index is 1.07. The second kappa shape index (κ2) is 5.68. The number of rotatable bonds is 1. The van der Waals surface area contributed by atoms with Crippen molar-refractivity contribution in [3.05, 3.63) is 70.8 Å². The third kappa shape index (κ3) is 2.53. The minimum atomic E-state index is 1.07. The zero-order chi connectivity index (χ0) is 13.0. The Morgan fingerprint density at radius 2 is 1.67 bits per heavy atom. The van der Waals surface area contributed by atoms with E-state index >= 15 is 0 Å². The monoisotopic (exact) mass is 236 g/mol. The average Bonchev–Trinajstić information content (AvgIpc) is 2.85. The Bertz CT molecular complexity index is 562. The summed E-state index contributed by atoms with van der Waals surface area (Å²) in [5, 5.41) is 0. The van der Waals surface area contributed by atoms with Crippen LogP contribution in [-0.4, -0.2) is 0 Å². The fourth-order valence-electron chi connectivity index (χ4n) is 2.31. The van der Waals surface area contributed by atoms with Crippen LogP contribution >= 0.6 is 0 Å². The standard InChI is InChI=1S/C16H14.C2H6/c1-12-5-4-8-13(9-12)16-10-14-6-2-3-7-15(14)11-16;1-2/h2-10H,11H2,1H3;1-2H3. The van der Waals surface area contributed by atoms with Gasteiger partial charge in [0.25, 0.3) is 0 Å². The van der Waals surface area contributed by atoms with E-state index in [9.17, 15) is 0 Å². The molecule has 3 rings (SSSR count). The van der Waals surface area contributed by atoms with Crippen LogP contribution in [0, 0.1) is 6.92 Å². The molecule has 18 heavy (non-hydrogen) atoms.